The molecule has 0 N–H and O–H groups in total. The number of morpholine rings is 1. The Labute approximate surface area is 164 Å². The topological polar surface area (TPSA) is 30.9 Å². The third kappa shape index (κ3) is 6.41. The van der Waals surface area contributed by atoms with Gasteiger partial charge in [-0.1, -0.05) is 31.0 Å². The summed E-state index contributed by atoms with van der Waals surface area (Å²) in [5, 5.41) is 0. The van der Waals surface area contributed by atoms with Crippen molar-refractivity contribution in [3.63, 3.8) is 0 Å². The number of aryl methyl sites for hydroxylation is 1. The fourth-order valence-electron chi connectivity index (χ4n) is 4.08. The van der Waals surface area contributed by atoms with Crippen LogP contribution in [0.2, 0.25) is 0 Å². The Bertz CT molecular complexity index is 528. The predicted octanol–water partition coefficient (Wildman–Crippen LogP) is 3.96. The van der Waals surface area contributed by atoms with Crippen LogP contribution in [0.1, 0.15) is 37.7 Å². The number of rotatable bonds is 7. The van der Waals surface area contributed by atoms with Crippen molar-refractivity contribution in [1.29, 1.82) is 0 Å². The standard InChI is InChI=1S/C21H33NO3.ClH/c1-22-12-13-24-20(15-22)16-25-21-9-4-3-7-18(21)11-10-17-6-5-8-19(14-17)23-2;/h3-4,7,9,17,19-20H,5-6,8,10-16H2,1-2H3;1H/t17-,19-,20?;/m1./s1. The van der Waals surface area contributed by atoms with Crippen molar-refractivity contribution >= 4 is 12.4 Å². The number of methoxy groups -OCH3 is 1. The fourth-order valence-corrected chi connectivity index (χ4v) is 4.08. The second-order valence-corrected chi connectivity index (χ2v) is 7.60. The highest BCUT2D eigenvalue weighted by atomic mass is 35.5. The molecule has 3 atom stereocenters. The van der Waals surface area contributed by atoms with Crippen molar-refractivity contribution in [3.05, 3.63) is 29.8 Å². The van der Waals surface area contributed by atoms with E-state index < -0.39 is 0 Å². The molecule has 0 radical (unpaired) electrons. The first-order valence-electron chi connectivity index (χ1n) is 9.78. The summed E-state index contributed by atoms with van der Waals surface area (Å²) in [6.07, 6.45) is 8.02. The Hall–Kier alpha value is -0.810. The number of para-hydroxylation sites is 1. The summed E-state index contributed by atoms with van der Waals surface area (Å²) in [7, 11) is 3.99. The molecule has 26 heavy (non-hydrogen) atoms. The summed E-state index contributed by atoms with van der Waals surface area (Å²) in [6.45, 7) is 3.39. The van der Waals surface area contributed by atoms with E-state index in [-0.39, 0.29) is 18.5 Å². The minimum Gasteiger partial charge on any atom is -0.491 e. The van der Waals surface area contributed by atoms with Gasteiger partial charge >= 0.3 is 0 Å². The number of halogens is 1. The molecular weight excluding hydrogens is 350 g/mol. The number of likely N-dealkylation sites (N-methyl/N-ethyl adjacent to an activating group) is 1. The summed E-state index contributed by atoms with van der Waals surface area (Å²) >= 11 is 0. The molecule has 148 valence electrons. The van der Waals surface area contributed by atoms with Crippen LogP contribution in [-0.2, 0) is 15.9 Å². The second-order valence-electron chi connectivity index (χ2n) is 7.60. The molecule has 1 aliphatic carbocycles. The molecule has 1 saturated heterocycles. The molecule has 0 bridgehead atoms. The molecule has 1 saturated carbocycles. The van der Waals surface area contributed by atoms with Gasteiger partial charge in [-0.05, 0) is 50.3 Å². The average Bonchev–Trinajstić information content (AvgIpc) is 2.65. The zero-order valence-corrected chi connectivity index (χ0v) is 17.0. The number of benzene rings is 1. The monoisotopic (exact) mass is 383 g/mol. The van der Waals surface area contributed by atoms with Crippen molar-refractivity contribution in [2.24, 2.45) is 5.92 Å². The molecule has 4 nitrogen and oxygen atoms in total. The average molecular weight is 384 g/mol. The van der Waals surface area contributed by atoms with Crippen molar-refractivity contribution < 1.29 is 14.2 Å². The van der Waals surface area contributed by atoms with Crippen molar-refractivity contribution in [2.45, 2.75) is 50.7 Å². The van der Waals surface area contributed by atoms with Crippen molar-refractivity contribution in [2.75, 3.05) is 40.5 Å². The van der Waals surface area contributed by atoms with Gasteiger partial charge in [-0.15, -0.1) is 12.4 Å². The van der Waals surface area contributed by atoms with Gasteiger partial charge in [-0.2, -0.15) is 0 Å². The number of nitrogens with zero attached hydrogens (tertiary/aromatic N) is 1. The van der Waals surface area contributed by atoms with Crippen LogP contribution in [0.5, 0.6) is 5.75 Å². The zero-order valence-electron chi connectivity index (χ0n) is 16.2. The van der Waals surface area contributed by atoms with Crippen LogP contribution >= 0.6 is 12.4 Å². The molecule has 5 heteroatoms. The Morgan fingerprint density at radius 3 is 2.88 bits per heavy atom. The van der Waals surface area contributed by atoms with E-state index in [9.17, 15) is 0 Å². The quantitative estimate of drug-likeness (QED) is 0.713. The van der Waals surface area contributed by atoms with E-state index in [1.807, 2.05) is 7.11 Å². The minimum absolute atomic E-state index is 0. The van der Waals surface area contributed by atoms with E-state index in [4.69, 9.17) is 14.2 Å². The smallest absolute Gasteiger partial charge is 0.122 e. The Kier molecular flexibility index (Phi) is 9.20. The normalized spacial score (nSPS) is 26.9. The largest absolute Gasteiger partial charge is 0.491 e. The molecular formula is C21H34ClNO3. The van der Waals surface area contributed by atoms with Gasteiger partial charge < -0.3 is 19.1 Å². The van der Waals surface area contributed by atoms with Crippen LogP contribution in [0.15, 0.2) is 24.3 Å². The molecule has 2 fully saturated rings. The Morgan fingerprint density at radius 1 is 1.23 bits per heavy atom. The lowest BCUT2D eigenvalue weighted by Gasteiger charge is -2.30. The first kappa shape index (κ1) is 21.5. The third-order valence-electron chi connectivity index (χ3n) is 5.63. The number of hydrogen-bond acceptors (Lipinski definition) is 4. The maximum atomic E-state index is 6.13. The summed E-state index contributed by atoms with van der Waals surface area (Å²) in [4.78, 5) is 2.30. The lowest BCUT2D eigenvalue weighted by Crippen LogP contribution is -2.42. The van der Waals surface area contributed by atoms with Crippen molar-refractivity contribution in [3.8, 4) is 5.75 Å². The number of ether oxygens (including phenoxy) is 3. The van der Waals surface area contributed by atoms with Gasteiger partial charge in [0.05, 0.1) is 12.7 Å². The van der Waals surface area contributed by atoms with E-state index in [1.165, 1.54) is 37.7 Å². The molecule has 0 amide bonds. The van der Waals surface area contributed by atoms with E-state index in [1.54, 1.807) is 0 Å². The van der Waals surface area contributed by atoms with Crippen LogP contribution in [0.4, 0.5) is 0 Å². The lowest BCUT2D eigenvalue weighted by atomic mass is 9.83. The Balaban J connectivity index is 0.00000243. The van der Waals surface area contributed by atoms with Crippen LogP contribution in [0.25, 0.3) is 0 Å². The highest BCUT2D eigenvalue weighted by molar-refractivity contribution is 5.85. The van der Waals surface area contributed by atoms with Crippen LogP contribution < -0.4 is 4.74 Å². The molecule has 3 rings (SSSR count). The van der Waals surface area contributed by atoms with Crippen LogP contribution in [0, 0.1) is 5.92 Å². The molecule has 1 aliphatic heterocycles. The minimum atomic E-state index is 0. The molecule has 1 unspecified atom stereocenters. The lowest BCUT2D eigenvalue weighted by molar-refractivity contribution is -0.0404. The van der Waals surface area contributed by atoms with E-state index in [0.717, 1.165) is 37.8 Å². The fraction of sp³-hybridized carbons (Fsp3) is 0.714. The maximum absolute atomic E-state index is 6.13. The second kappa shape index (κ2) is 11.1. The Morgan fingerprint density at radius 2 is 2.08 bits per heavy atom. The predicted molar refractivity (Wildman–Crippen MR) is 107 cm³/mol. The summed E-state index contributed by atoms with van der Waals surface area (Å²) in [5.41, 5.74) is 1.33. The molecule has 0 aromatic heterocycles. The van der Waals surface area contributed by atoms with Crippen LogP contribution in [-0.4, -0.2) is 57.6 Å². The molecule has 1 aromatic rings. The van der Waals surface area contributed by atoms with Gasteiger partial charge in [-0.25, -0.2) is 0 Å². The SMILES string of the molecule is CO[C@@H]1CCC[C@H](CCc2ccccc2OCC2CN(C)CCO2)C1.Cl. The van der Waals surface area contributed by atoms with Gasteiger partial charge in [0.1, 0.15) is 18.5 Å². The van der Waals surface area contributed by atoms with Gasteiger partial charge in [-0.3, -0.25) is 0 Å². The molecule has 1 aromatic carbocycles. The van der Waals surface area contributed by atoms with E-state index >= 15 is 0 Å². The molecule has 0 spiro atoms. The first-order chi connectivity index (χ1) is 12.2. The highest BCUT2D eigenvalue weighted by Crippen LogP contribution is 2.31. The highest BCUT2D eigenvalue weighted by Gasteiger charge is 2.22. The van der Waals surface area contributed by atoms with Crippen molar-refractivity contribution in [1.82, 2.24) is 4.90 Å². The molecule has 2 aliphatic rings. The van der Waals surface area contributed by atoms with E-state index in [2.05, 4.69) is 36.2 Å². The third-order valence-corrected chi connectivity index (χ3v) is 5.63. The maximum Gasteiger partial charge on any atom is 0.122 e. The molecule has 1 heterocycles. The summed E-state index contributed by atoms with van der Waals surface area (Å²) in [6, 6.07) is 8.49. The van der Waals surface area contributed by atoms with Gasteiger partial charge in [0.25, 0.3) is 0 Å². The van der Waals surface area contributed by atoms with Gasteiger partial charge in [0.2, 0.25) is 0 Å². The summed E-state index contributed by atoms with van der Waals surface area (Å²) < 4.78 is 17.5. The first-order valence-corrected chi connectivity index (χ1v) is 9.78. The summed E-state index contributed by atoms with van der Waals surface area (Å²) in [5.74, 6) is 1.81. The van der Waals surface area contributed by atoms with Gasteiger partial charge in [0, 0.05) is 20.2 Å². The number of hydrogen-bond donors (Lipinski definition) is 0. The zero-order chi connectivity index (χ0) is 17.5. The van der Waals surface area contributed by atoms with E-state index in [0.29, 0.717) is 12.7 Å². The van der Waals surface area contributed by atoms with Crippen LogP contribution in [0.3, 0.4) is 0 Å². The van der Waals surface area contributed by atoms with Gasteiger partial charge in [0.15, 0.2) is 0 Å².